The fourth-order valence-corrected chi connectivity index (χ4v) is 7.15. The van der Waals surface area contributed by atoms with E-state index in [-0.39, 0.29) is 11.8 Å². The summed E-state index contributed by atoms with van der Waals surface area (Å²) in [5.74, 6) is 0.866. The number of aryl methyl sites for hydroxylation is 1. The number of amides is 1. The molecule has 0 unspecified atom stereocenters. The molecule has 1 saturated heterocycles. The van der Waals surface area contributed by atoms with Crippen LogP contribution < -0.4 is 5.32 Å². The van der Waals surface area contributed by atoms with Crippen LogP contribution in [-0.4, -0.2) is 38.5 Å². The van der Waals surface area contributed by atoms with Crippen LogP contribution >= 0.6 is 19.5 Å². The van der Waals surface area contributed by atoms with Gasteiger partial charge in [-0.05, 0) is 24.3 Å². The molecule has 2 N–H and O–H groups in total. The first-order chi connectivity index (χ1) is 20.3. The van der Waals surface area contributed by atoms with Gasteiger partial charge in [0.1, 0.15) is 6.33 Å². The molecule has 42 heavy (non-hydrogen) atoms. The van der Waals surface area contributed by atoms with Crippen molar-refractivity contribution in [3.8, 4) is 17.3 Å². The van der Waals surface area contributed by atoms with Crippen molar-refractivity contribution in [3.63, 3.8) is 0 Å². The van der Waals surface area contributed by atoms with Crippen molar-refractivity contribution in [2.45, 2.75) is 32.3 Å². The Labute approximate surface area is 249 Å². The second kappa shape index (κ2) is 12.3. The molecule has 1 aliphatic heterocycles. The molecule has 0 radical (unpaired) electrons. The van der Waals surface area contributed by atoms with Crippen molar-refractivity contribution in [2.24, 2.45) is 5.92 Å². The maximum absolute atomic E-state index is 12.8. The van der Waals surface area contributed by atoms with Crippen molar-refractivity contribution in [2.75, 3.05) is 18.5 Å². The van der Waals surface area contributed by atoms with E-state index in [2.05, 4.69) is 10.3 Å². The average Bonchev–Trinajstić information content (AvgIpc) is 3.61. The number of para-hydroxylation sites is 2. The summed E-state index contributed by atoms with van der Waals surface area (Å²) in [5, 5.41) is 3.59. The zero-order valence-electron chi connectivity index (χ0n) is 23.1. The molecule has 3 heterocycles. The summed E-state index contributed by atoms with van der Waals surface area (Å²) in [7, 11) is -3.19. The molecule has 0 atom stereocenters. The number of hydrogen-bond acceptors (Lipinski definition) is 7. The zero-order chi connectivity index (χ0) is 29.1. The Hall–Kier alpha value is -3.59. The third-order valence-corrected chi connectivity index (χ3v) is 9.47. The third-order valence-electron chi connectivity index (χ3n) is 7.12. The number of fused-ring (bicyclic) bond motifs is 1. The number of benzene rings is 3. The van der Waals surface area contributed by atoms with E-state index in [0.29, 0.717) is 66.8 Å². The van der Waals surface area contributed by atoms with Crippen molar-refractivity contribution < 1.29 is 23.2 Å². The number of aromatic nitrogens is 3. The monoisotopic (exact) mass is 606 g/mol. The fourth-order valence-electron chi connectivity index (χ4n) is 4.89. The molecule has 1 fully saturated rings. The summed E-state index contributed by atoms with van der Waals surface area (Å²) in [4.78, 5) is 32.7. The predicted octanol–water partition coefficient (Wildman–Crippen LogP) is 6.97. The molecule has 3 aromatic carbocycles. The minimum atomic E-state index is -3.19. The fraction of sp³-hybridized carbons (Fsp3) is 0.258. The number of hydrogen-bond donors (Lipinski definition) is 2. The zero-order valence-corrected chi connectivity index (χ0v) is 24.9. The van der Waals surface area contributed by atoms with Gasteiger partial charge in [0.2, 0.25) is 0 Å². The van der Waals surface area contributed by atoms with Crippen LogP contribution in [0.5, 0.6) is 0 Å². The third kappa shape index (κ3) is 6.56. The summed E-state index contributed by atoms with van der Waals surface area (Å²) < 4.78 is 19.3. The number of rotatable bonds is 9. The number of carbonyl (C=O) groups is 1. The van der Waals surface area contributed by atoms with E-state index in [4.69, 9.17) is 30.0 Å². The van der Waals surface area contributed by atoms with Gasteiger partial charge in [-0.15, -0.1) is 0 Å². The Balaban J connectivity index is 1.10. The van der Waals surface area contributed by atoms with E-state index < -0.39 is 7.94 Å². The Bertz CT molecular complexity index is 1680. The SMILES string of the molecule is CC1CO[PH](O)(Cc2ccc(NC(=O)CCCc3oc(-n4cnc5ccccc54)nc3-c3ccc(Cl)cc3)cc2)OC1. The van der Waals surface area contributed by atoms with Gasteiger partial charge in [-0.3, -0.25) is 4.57 Å². The first-order valence-corrected chi connectivity index (χ1v) is 16.3. The summed E-state index contributed by atoms with van der Waals surface area (Å²) in [5.41, 5.74) is 4.91. The van der Waals surface area contributed by atoms with Crippen molar-refractivity contribution in [1.29, 1.82) is 0 Å². The molecule has 0 aliphatic carbocycles. The first-order valence-electron chi connectivity index (χ1n) is 13.9. The molecule has 11 heteroatoms. The standard InChI is InChI=1S/C31H32ClN4O5P/c1-21-17-39-42(38,40-18-21)19-22-9-15-25(16-10-22)34-29(37)8-4-7-28-30(23-11-13-24(32)14-12-23)35-31(41-28)36-20-33-26-5-2-3-6-27(26)36/h2-3,5-6,9-16,20-21,38,42H,4,7-8,17-19H2,1H3,(H,34,37). The van der Waals surface area contributed by atoms with E-state index in [0.717, 1.165) is 22.2 Å². The normalized spacial score (nSPS) is 17.3. The molecule has 0 saturated carbocycles. The molecule has 9 nitrogen and oxygen atoms in total. The number of carbonyl (C=O) groups excluding carboxylic acids is 1. The van der Waals surface area contributed by atoms with Gasteiger partial charge in [-0.25, -0.2) is 4.98 Å². The number of halogens is 1. The van der Waals surface area contributed by atoms with Gasteiger partial charge in [-0.1, -0.05) is 35.9 Å². The van der Waals surface area contributed by atoms with Crippen molar-refractivity contribution in [3.05, 3.63) is 95.5 Å². The van der Waals surface area contributed by atoms with Crippen molar-refractivity contribution >= 4 is 42.2 Å². The van der Waals surface area contributed by atoms with Gasteiger partial charge in [0.25, 0.3) is 0 Å². The topological polar surface area (TPSA) is 112 Å². The molecule has 5 aromatic rings. The second-order valence-corrected chi connectivity index (χ2v) is 13.4. The van der Waals surface area contributed by atoms with E-state index in [9.17, 15) is 9.69 Å². The maximum atomic E-state index is 12.8. The second-order valence-electron chi connectivity index (χ2n) is 10.6. The summed E-state index contributed by atoms with van der Waals surface area (Å²) in [6.07, 6.45) is 3.43. The van der Waals surface area contributed by atoms with Gasteiger partial charge in [-0.2, -0.15) is 4.98 Å². The molecule has 6 rings (SSSR count). The van der Waals surface area contributed by atoms with Crippen LogP contribution in [0.2, 0.25) is 5.02 Å². The van der Waals surface area contributed by atoms with Crippen LogP contribution in [0.3, 0.4) is 0 Å². The van der Waals surface area contributed by atoms with Crippen LogP contribution in [-0.2, 0) is 26.4 Å². The van der Waals surface area contributed by atoms with Gasteiger partial charge in [0.15, 0.2) is 0 Å². The van der Waals surface area contributed by atoms with Crippen LogP contribution in [0.1, 0.15) is 31.1 Å². The molecule has 0 spiro atoms. The Morgan fingerprint density at radius 3 is 2.57 bits per heavy atom. The number of nitrogens with zero attached hydrogens (tertiary/aromatic N) is 3. The Morgan fingerprint density at radius 1 is 1.07 bits per heavy atom. The molecule has 218 valence electrons. The number of anilines is 1. The van der Waals surface area contributed by atoms with E-state index in [1.807, 2.05) is 84.3 Å². The summed E-state index contributed by atoms with van der Waals surface area (Å²) >= 11 is 6.12. The molecular formula is C31H32ClN4O5P. The van der Waals surface area contributed by atoms with Crippen molar-refractivity contribution in [1.82, 2.24) is 14.5 Å². The van der Waals surface area contributed by atoms with Crippen LogP contribution in [0.4, 0.5) is 5.69 Å². The summed E-state index contributed by atoms with van der Waals surface area (Å²) in [6, 6.07) is 23.1. The van der Waals surface area contributed by atoms with Crippen LogP contribution in [0, 0.1) is 5.92 Å². The average molecular weight is 607 g/mol. The van der Waals surface area contributed by atoms with E-state index in [1.54, 1.807) is 6.33 Å². The van der Waals surface area contributed by atoms with E-state index >= 15 is 0 Å². The molecule has 1 amide bonds. The molecular weight excluding hydrogens is 575 g/mol. The van der Waals surface area contributed by atoms with Crippen LogP contribution in [0.15, 0.2) is 83.5 Å². The number of nitrogens with one attached hydrogen (secondary N) is 1. The minimum absolute atomic E-state index is 0.0999. The predicted molar refractivity (Wildman–Crippen MR) is 165 cm³/mol. The molecule has 0 bridgehead atoms. The van der Waals surface area contributed by atoms with Crippen LogP contribution in [0.25, 0.3) is 28.3 Å². The Morgan fingerprint density at radius 2 is 1.81 bits per heavy atom. The number of imidazole rings is 1. The van der Waals surface area contributed by atoms with Gasteiger partial charge >= 0.3 is 147 Å². The van der Waals surface area contributed by atoms with E-state index in [1.165, 1.54) is 0 Å². The summed E-state index contributed by atoms with van der Waals surface area (Å²) in [6.45, 7) is 3.04. The molecule has 1 aliphatic rings. The Kier molecular flexibility index (Phi) is 8.38. The van der Waals surface area contributed by atoms with Gasteiger partial charge in [0, 0.05) is 10.6 Å². The first kappa shape index (κ1) is 28.5. The number of oxazole rings is 1. The quantitative estimate of drug-likeness (QED) is 0.174. The molecule has 2 aromatic heterocycles. The van der Waals surface area contributed by atoms with Gasteiger partial charge < -0.3 is 0 Å². The van der Waals surface area contributed by atoms with Gasteiger partial charge in [0.05, 0.1) is 11.0 Å².